The summed E-state index contributed by atoms with van der Waals surface area (Å²) in [4.78, 5) is 17.2. The van der Waals surface area contributed by atoms with E-state index in [1.54, 1.807) is 0 Å². The van der Waals surface area contributed by atoms with Crippen LogP contribution in [0.2, 0.25) is 0 Å². The molecule has 5 nitrogen and oxygen atoms in total. The summed E-state index contributed by atoms with van der Waals surface area (Å²) in [5.74, 6) is -1.52. The van der Waals surface area contributed by atoms with Gasteiger partial charge in [-0.1, -0.05) is 12.1 Å². The highest BCUT2D eigenvalue weighted by Crippen LogP contribution is 2.62. The molecule has 4 atom stereocenters. The number of amides is 2. The highest BCUT2D eigenvalue weighted by molar-refractivity contribution is 5.89. The number of rotatable bonds is 7. The van der Waals surface area contributed by atoms with E-state index in [4.69, 9.17) is 0 Å². The normalized spacial score (nSPS) is 27.2. The quantitative estimate of drug-likeness (QED) is 0.542. The minimum atomic E-state index is -1.01. The van der Waals surface area contributed by atoms with E-state index in [1.165, 1.54) is 11.6 Å². The monoisotopic (exact) mass is 496 g/mol. The molecule has 2 amide bonds. The standard InChI is InChI=1S/C28H31F3N4O/c29-22-8-12-34(18-22)10-2-11-35(27(36)33-23-5-6-25(30)26(31)15-23)24-7-9-28(16-21(28)14-24)20-4-1-3-19(13-20)17-32/h1,3-6,13,15,21-22,24H,2,7-12,14,16,18H2,(H,33,36)/t21?,22-,24-,28-/m1/s1. The van der Waals surface area contributed by atoms with Crippen molar-refractivity contribution in [1.29, 1.82) is 5.26 Å². The third-order valence-electron chi connectivity index (χ3n) is 8.24. The fourth-order valence-electron chi connectivity index (χ4n) is 6.22. The fraction of sp³-hybridized carbons (Fsp3) is 0.500. The lowest BCUT2D eigenvalue weighted by Crippen LogP contribution is -2.46. The van der Waals surface area contributed by atoms with Crippen LogP contribution in [0, 0.1) is 28.9 Å². The molecule has 2 aliphatic carbocycles. The van der Waals surface area contributed by atoms with Crippen LogP contribution >= 0.6 is 0 Å². The van der Waals surface area contributed by atoms with Crippen LogP contribution < -0.4 is 5.32 Å². The molecule has 2 aromatic carbocycles. The highest BCUT2D eigenvalue weighted by atomic mass is 19.2. The maximum atomic E-state index is 13.7. The average molecular weight is 497 g/mol. The predicted octanol–water partition coefficient (Wildman–Crippen LogP) is 5.61. The van der Waals surface area contributed by atoms with Gasteiger partial charge < -0.3 is 15.1 Å². The van der Waals surface area contributed by atoms with Crippen LogP contribution in [0.25, 0.3) is 0 Å². The highest BCUT2D eigenvalue weighted by Gasteiger charge is 2.58. The molecule has 8 heteroatoms. The van der Waals surface area contributed by atoms with Crippen molar-refractivity contribution in [2.45, 2.75) is 56.2 Å². The molecular formula is C28H31F3N4O. The molecule has 1 saturated heterocycles. The molecule has 3 fully saturated rings. The number of fused-ring (bicyclic) bond motifs is 1. The molecular weight excluding hydrogens is 465 g/mol. The van der Waals surface area contributed by atoms with Gasteiger partial charge in [0.25, 0.3) is 0 Å². The zero-order valence-corrected chi connectivity index (χ0v) is 20.2. The third-order valence-corrected chi connectivity index (χ3v) is 8.24. The number of nitriles is 1. The van der Waals surface area contributed by atoms with Crippen LogP contribution in [-0.4, -0.2) is 54.2 Å². The number of likely N-dealkylation sites (tertiary alicyclic amines) is 1. The van der Waals surface area contributed by atoms with Gasteiger partial charge in [-0.05, 0) is 86.2 Å². The summed E-state index contributed by atoms with van der Waals surface area (Å²) in [6.07, 6.45) is 4.16. The van der Waals surface area contributed by atoms with Crippen LogP contribution in [0.15, 0.2) is 42.5 Å². The number of carbonyl (C=O) groups is 1. The molecule has 0 spiro atoms. The summed E-state index contributed by atoms with van der Waals surface area (Å²) in [5, 5.41) is 12.0. The van der Waals surface area contributed by atoms with Crippen LogP contribution in [-0.2, 0) is 5.41 Å². The van der Waals surface area contributed by atoms with Crippen molar-refractivity contribution in [1.82, 2.24) is 9.80 Å². The summed E-state index contributed by atoms with van der Waals surface area (Å²) in [6.45, 7) is 2.41. The van der Waals surface area contributed by atoms with E-state index in [-0.39, 0.29) is 23.2 Å². The van der Waals surface area contributed by atoms with Crippen LogP contribution in [0.5, 0.6) is 0 Å². The summed E-state index contributed by atoms with van der Waals surface area (Å²) >= 11 is 0. The lowest BCUT2D eigenvalue weighted by atomic mass is 9.80. The average Bonchev–Trinajstić information content (AvgIpc) is 3.48. The molecule has 36 heavy (non-hydrogen) atoms. The second kappa shape index (κ2) is 10.1. The first-order valence-electron chi connectivity index (χ1n) is 12.8. The van der Waals surface area contributed by atoms with Crippen molar-refractivity contribution in [3.05, 3.63) is 65.2 Å². The molecule has 0 bridgehead atoms. The number of urea groups is 1. The van der Waals surface area contributed by atoms with E-state index < -0.39 is 17.8 Å². The first-order chi connectivity index (χ1) is 17.4. The summed E-state index contributed by atoms with van der Waals surface area (Å²) in [7, 11) is 0. The van der Waals surface area contributed by atoms with Gasteiger partial charge >= 0.3 is 6.03 Å². The molecule has 1 unspecified atom stereocenters. The van der Waals surface area contributed by atoms with Gasteiger partial charge in [-0.25, -0.2) is 18.0 Å². The molecule has 0 aromatic heterocycles. The molecule has 2 aromatic rings. The van der Waals surface area contributed by atoms with E-state index in [9.17, 15) is 23.2 Å². The Balaban J connectivity index is 1.27. The van der Waals surface area contributed by atoms with E-state index in [1.807, 2.05) is 23.1 Å². The zero-order chi connectivity index (χ0) is 25.3. The smallest absolute Gasteiger partial charge is 0.321 e. The largest absolute Gasteiger partial charge is 0.322 e. The summed E-state index contributed by atoms with van der Waals surface area (Å²) in [5.41, 5.74) is 2.17. The summed E-state index contributed by atoms with van der Waals surface area (Å²) < 4.78 is 40.6. The second-order valence-electron chi connectivity index (χ2n) is 10.5. The van der Waals surface area contributed by atoms with Gasteiger partial charge in [0.2, 0.25) is 0 Å². The number of hydrogen-bond donors (Lipinski definition) is 1. The second-order valence-corrected chi connectivity index (χ2v) is 10.5. The number of nitrogens with one attached hydrogen (secondary N) is 1. The topological polar surface area (TPSA) is 59.4 Å². The van der Waals surface area contributed by atoms with E-state index >= 15 is 0 Å². The molecule has 1 N–H and O–H groups in total. The van der Waals surface area contributed by atoms with Gasteiger partial charge in [0.05, 0.1) is 11.6 Å². The minimum Gasteiger partial charge on any atom is -0.321 e. The predicted molar refractivity (Wildman–Crippen MR) is 131 cm³/mol. The molecule has 1 heterocycles. The van der Waals surface area contributed by atoms with Crippen LogP contribution in [0.1, 0.15) is 49.7 Å². The Morgan fingerprint density at radius 2 is 2.06 bits per heavy atom. The number of carbonyl (C=O) groups excluding carboxylic acids is 1. The molecule has 2 saturated carbocycles. The maximum absolute atomic E-state index is 13.7. The lowest BCUT2D eigenvalue weighted by molar-refractivity contribution is 0.155. The van der Waals surface area contributed by atoms with Gasteiger partial charge in [0, 0.05) is 37.4 Å². The number of nitrogens with zero attached hydrogens (tertiary/aromatic N) is 3. The number of benzene rings is 2. The number of alkyl halides is 1. The maximum Gasteiger partial charge on any atom is 0.322 e. The SMILES string of the molecule is N#Cc1cccc([C@]23CC[C@@H](N(CCCN4CC[C@@H](F)C4)C(=O)Nc4ccc(F)c(F)c4)CC2C3)c1. The van der Waals surface area contributed by atoms with Gasteiger partial charge in [-0.15, -0.1) is 0 Å². The molecule has 0 radical (unpaired) electrons. The Morgan fingerprint density at radius 1 is 1.19 bits per heavy atom. The number of halogens is 3. The van der Waals surface area contributed by atoms with Crippen molar-refractivity contribution in [3.8, 4) is 6.07 Å². The molecule has 5 rings (SSSR count). The van der Waals surface area contributed by atoms with Crippen molar-refractivity contribution >= 4 is 11.7 Å². The zero-order valence-electron chi connectivity index (χ0n) is 20.2. The van der Waals surface area contributed by atoms with E-state index in [0.29, 0.717) is 37.4 Å². The van der Waals surface area contributed by atoms with Crippen molar-refractivity contribution in [2.24, 2.45) is 5.92 Å². The number of anilines is 1. The first kappa shape index (κ1) is 24.6. The van der Waals surface area contributed by atoms with Gasteiger partial charge in [0.1, 0.15) is 6.17 Å². The lowest BCUT2D eigenvalue weighted by Gasteiger charge is -2.37. The summed E-state index contributed by atoms with van der Waals surface area (Å²) in [6, 6.07) is 13.1. The Hall–Kier alpha value is -3.05. The van der Waals surface area contributed by atoms with Crippen molar-refractivity contribution < 1.29 is 18.0 Å². The Labute approximate surface area is 209 Å². The molecule has 1 aliphatic heterocycles. The van der Waals surface area contributed by atoms with Gasteiger partial charge in [0.15, 0.2) is 11.6 Å². The Kier molecular flexibility index (Phi) is 6.94. The minimum absolute atomic E-state index is 0.0302. The van der Waals surface area contributed by atoms with Gasteiger partial charge in [-0.2, -0.15) is 5.26 Å². The Morgan fingerprint density at radius 3 is 2.78 bits per heavy atom. The van der Waals surface area contributed by atoms with E-state index in [2.05, 4.69) is 22.4 Å². The number of hydrogen-bond acceptors (Lipinski definition) is 3. The van der Waals surface area contributed by atoms with Crippen molar-refractivity contribution in [3.63, 3.8) is 0 Å². The molecule has 3 aliphatic rings. The van der Waals surface area contributed by atoms with E-state index in [0.717, 1.165) is 50.9 Å². The fourth-order valence-corrected chi connectivity index (χ4v) is 6.22. The molecule has 190 valence electrons. The van der Waals surface area contributed by atoms with Crippen LogP contribution in [0.3, 0.4) is 0 Å². The Bertz CT molecular complexity index is 1170. The first-order valence-corrected chi connectivity index (χ1v) is 12.8. The van der Waals surface area contributed by atoms with Gasteiger partial charge in [-0.3, -0.25) is 0 Å². The van der Waals surface area contributed by atoms with Crippen LogP contribution in [0.4, 0.5) is 23.7 Å². The van der Waals surface area contributed by atoms with Crippen molar-refractivity contribution in [2.75, 3.05) is 31.5 Å². The third kappa shape index (κ3) is 5.08.